The second-order valence-corrected chi connectivity index (χ2v) is 5.73. The number of hydrazine groups is 1. The normalized spacial score (nSPS) is 10.7. The molecular formula is C17H11N7O4. The molecule has 0 amide bonds. The molecule has 0 saturated heterocycles. The summed E-state index contributed by atoms with van der Waals surface area (Å²) in [4.78, 5) is 25.6. The van der Waals surface area contributed by atoms with Gasteiger partial charge in [-0.05, 0) is 12.1 Å². The van der Waals surface area contributed by atoms with Crippen molar-refractivity contribution >= 4 is 44.6 Å². The van der Waals surface area contributed by atoms with Gasteiger partial charge in [0.1, 0.15) is 5.52 Å². The lowest BCUT2D eigenvalue weighted by atomic mass is 10.1. The smallest absolute Gasteiger partial charge is 0.291 e. The van der Waals surface area contributed by atoms with Crippen LogP contribution in [0, 0.1) is 20.2 Å². The maximum atomic E-state index is 11.5. The Balaban J connectivity index is 1.84. The first-order valence-electron chi connectivity index (χ1n) is 7.99. The van der Waals surface area contributed by atoms with Gasteiger partial charge >= 0.3 is 5.69 Å². The fraction of sp³-hybridized carbons (Fsp3) is 0. The lowest BCUT2D eigenvalue weighted by Gasteiger charge is -2.12. The molecule has 0 spiro atoms. The first-order chi connectivity index (χ1) is 13.6. The second kappa shape index (κ2) is 6.72. The van der Waals surface area contributed by atoms with E-state index in [-0.39, 0.29) is 16.6 Å². The molecule has 0 fully saturated rings. The third-order valence-corrected chi connectivity index (χ3v) is 4.12. The maximum Gasteiger partial charge on any atom is 0.303 e. The fourth-order valence-electron chi connectivity index (χ4n) is 2.87. The van der Waals surface area contributed by atoms with Crippen molar-refractivity contribution in [2.45, 2.75) is 0 Å². The van der Waals surface area contributed by atoms with Crippen LogP contribution in [0.1, 0.15) is 0 Å². The molecule has 28 heavy (non-hydrogen) atoms. The Bertz CT molecular complexity index is 1240. The van der Waals surface area contributed by atoms with Crippen molar-refractivity contribution < 1.29 is 9.85 Å². The summed E-state index contributed by atoms with van der Waals surface area (Å²) < 4.78 is 0. The van der Waals surface area contributed by atoms with Crippen LogP contribution >= 0.6 is 0 Å². The Morgan fingerprint density at radius 3 is 2.43 bits per heavy atom. The zero-order chi connectivity index (χ0) is 19.7. The minimum atomic E-state index is -0.708. The predicted octanol–water partition coefficient (Wildman–Crippen LogP) is 3.43. The number of hydrogen-bond acceptors (Lipinski definition) is 9. The number of nitro groups is 2. The highest BCUT2D eigenvalue weighted by atomic mass is 16.6. The maximum absolute atomic E-state index is 11.5. The van der Waals surface area contributed by atoms with Crippen LogP contribution in [0.25, 0.3) is 21.7 Å². The van der Waals surface area contributed by atoms with Crippen molar-refractivity contribution in [3.63, 3.8) is 0 Å². The van der Waals surface area contributed by atoms with Crippen LogP contribution in [0.3, 0.4) is 0 Å². The van der Waals surface area contributed by atoms with Gasteiger partial charge in [0, 0.05) is 17.0 Å². The highest BCUT2D eigenvalue weighted by Gasteiger charge is 2.26. The van der Waals surface area contributed by atoms with Gasteiger partial charge in [-0.2, -0.15) is 5.10 Å². The lowest BCUT2D eigenvalue weighted by molar-refractivity contribution is -0.392. The Kier molecular flexibility index (Phi) is 4.09. The molecule has 11 heteroatoms. The van der Waals surface area contributed by atoms with Crippen molar-refractivity contribution in [3.05, 3.63) is 75.1 Å². The van der Waals surface area contributed by atoms with E-state index in [2.05, 4.69) is 26.0 Å². The molecule has 0 atom stereocenters. The molecule has 4 aromatic rings. The van der Waals surface area contributed by atoms with E-state index in [1.165, 1.54) is 18.3 Å². The van der Waals surface area contributed by atoms with Gasteiger partial charge in [0.05, 0.1) is 27.5 Å². The summed E-state index contributed by atoms with van der Waals surface area (Å²) >= 11 is 0. The highest BCUT2D eigenvalue weighted by molar-refractivity contribution is 6.02. The van der Waals surface area contributed by atoms with Crippen molar-refractivity contribution in [1.29, 1.82) is 0 Å². The molecule has 2 N–H and O–H groups in total. The minimum Gasteiger partial charge on any atom is -0.291 e. The van der Waals surface area contributed by atoms with Crippen LogP contribution in [-0.2, 0) is 0 Å². The van der Waals surface area contributed by atoms with E-state index >= 15 is 0 Å². The molecule has 0 bridgehead atoms. The number of pyridine rings is 1. The molecule has 2 aromatic carbocycles. The molecule has 138 valence electrons. The molecule has 0 saturated carbocycles. The van der Waals surface area contributed by atoms with Gasteiger partial charge < -0.3 is 0 Å². The number of nitro benzene ring substituents is 2. The largest absolute Gasteiger partial charge is 0.303 e. The third kappa shape index (κ3) is 2.86. The van der Waals surface area contributed by atoms with Crippen LogP contribution < -0.4 is 10.9 Å². The zero-order valence-corrected chi connectivity index (χ0v) is 14.1. The summed E-state index contributed by atoms with van der Waals surface area (Å²) in [6, 6.07) is 11.2. The van der Waals surface area contributed by atoms with Crippen LogP contribution in [0.5, 0.6) is 0 Å². The number of nitrogens with one attached hydrogen (secondary N) is 2. The standard InChI is InChI=1S/C17H11N7O4/c25-23(26)13-8-14(24(27)28)16(15-12(13)6-3-7-18-15)20-22-17-11-5-2-1-4-10(11)9-19-21-17/h1-9,20H,(H,21,22). The van der Waals surface area contributed by atoms with E-state index in [0.717, 1.165) is 16.8 Å². The van der Waals surface area contributed by atoms with Crippen LogP contribution in [0.15, 0.2) is 54.9 Å². The fourth-order valence-corrected chi connectivity index (χ4v) is 2.87. The highest BCUT2D eigenvalue weighted by Crippen LogP contribution is 2.38. The summed E-state index contributed by atoms with van der Waals surface area (Å²) in [5, 5.41) is 32.5. The van der Waals surface area contributed by atoms with Gasteiger partial charge in [0.2, 0.25) is 0 Å². The van der Waals surface area contributed by atoms with Gasteiger partial charge in [0.15, 0.2) is 11.5 Å². The van der Waals surface area contributed by atoms with Crippen molar-refractivity contribution in [2.24, 2.45) is 0 Å². The van der Waals surface area contributed by atoms with Crippen LogP contribution in [0.2, 0.25) is 0 Å². The van der Waals surface area contributed by atoms with Gasteiger partial charge in [-0.25, -0.2) is 0 Å². The predicted molar refractivity (Wildman–Crippen MR) is 102 cm³/mol. The molecule has 4 rings (SSSR count). The molecule has 0 unspecified atom stereocenters. The summed E-state index contributed by atoms with van der Waals surface area (Å²) in [7, 11) is 0. The van der Waals surface area contributed by atoms with Gasteiger partial charge in [0.25, 0.3) is 5.69 Å². The second-order valence-electron chi connectivity index (χ2n) is 5.73. The van der Waals surface area contributed by atoms with Gasteiger partial charge in [-0.15, -0.1) is 5.10 Å². The summed E-state index contributed by atoms with van der Waals surface area (Å²) in [5.41, 5.74) is 4.72. The van der Waals surface area contributed by atoms with E-state index in [1.54, 1.807) is 6.20 Å². The molecule has 11 nitrogen and oxygen atoms in total. The number of benzene rings is 2. The molecular weight excluding hydrogens is 366 g/mol. The topological polar surface area (TPSA) is 149 Å². The van der Waals surface area contributed by atoms with E-state index in [9.17, 15) is 20.2 Å². The molecule has 2 aromatic heterocycles. The summed E-state index contributed by atoms with van der Waals surface area (Å²) in [6.45, 7) is 0. The molecule has 0 aliphatic heterocycles. The van der Waals surface area contributed by atoms with Crippen molar-refractivity contribution in [3.8, 4) is 0 Å². The third-order valence-electron chi connectivity index (χ3n) is 4.12. The SMILES string of the molecule is O=[N+]([O-])c1cc([N+](=O)[O-])c2cccnc2c1NNc1nncc2ccccc12. The number of aromatic nitrogens is 3. The van der Waals surface area contributed by atoms with E-state index in [1.807, 2.05) is 24.3 Å². The number of anilines is 2. The number of nitrogens with zero attached hydrogens (tertiary/aromatic N) is 5. The van der Waals surface area contributed by atoms with Crippen LogP contribution in [0.4, 0.5) is 22.9 Å². The number of non-ortho nitro benzene ring substituents is 1. The zero-order valence-electron chi connectivity index (χ0n) is 14.1. The van der Waals surface area contributed by atoms with E-state index in [0.29, 0.717) is 5.82 Å². The number of fused-ring (bicyclic) bond motifs is 2. The molecule has 0 aliphatic carbocycles. The molecule has 0 aliphatic rings. The average Bonchev–Trinajstić information content (AvgIpc) is 2.71. The molecule has 2 heterocycles. The van der Waals surface area contributed by atoms with E-state index in [4.69, 9.17) is 0 Å². The summed E-state index contributed by atoms with van der Waals surface area (Å²) in [6.07, 6.45) is 2.99. The van der Waals surface area contributed by atoms with Gasteiger partial charge in [-0.1, -0.05) is 24.3 Å². The first-order valence-corrected chi connectivity index (χ1v) is 7.99. The molecule has 0 radical (unpaired) electrons. The van der Waals surface area contributed by atoms with Crippen LogP contribution in [-0.4, -0.2) is 25.0 Å². The average molecular weight is 377 g/mol. The van der Waals surface area contributed by atoms with E-state index < -0.39 is 21.2 Å². The Labute approximate surface area is 156 Å². The summed E-state index contributed by atoms with van der Waals surface area (Å²) in [5.74, 6) is 0.342. The Hall–Kier alpha value is -4.41. The number of hydrogen-bond donors (Lipinski definition) is 2. The van der Waals surface area contributed by atoms with Crippen molar-refractivity contribution in [2.75, 3.05) is 10.9 Å². The van der Waals surface area contributed by atoms with Crippen molar-refractivity contribution in [1.82, 2.24) is 15.2 Å². The minimum absolute atomic E-state index is 0.0130. The lowest BCUT2D eigenvalue weighted by Crippen LogP contribution is -2.13. The quantitative estimate of drug-likeness (QED) is 0.394. The Morgan fingerprint density at radius 1 is 0.893 bits per heavy atom. The Morgan fingerprint density at radius 2 is 1.64 bits per heavy atom. The first kappa shape index (κ1) is 17.0. The monoisotopic (exact) mass is 377 g/mol. The number of rotatable bonds is 5. The van der Waals surface area contributed by atoms with Gasteiger partial charge in [-0.3, -0.25) is 36.1 Å².